The number of benzene rings is 1. The van der Waals surface area contributed by atoms with Crippen molar-refractivity contribution in [1.82, 2.24) is 14.9 Å². The van der Waals surface area contributed by atoms with E-state index in [9.17, 15) is 4.79 Å². The summed E-state index contributed by atoms with van der Waals surface area (Å²) in [6.07, 6.45) is 1.54. The second-order valence-electron chi connectivity index (χ2n) is 8.17. The van der Waals surface area contributed by atoms with Gasteiger partial charge in [0.1, 0.15) is 17.0 Å². The molecular formula is C23H28ClN5O2S. The first kappa shape index (κ1) is 22.8. The molecule has 1 atom stereocenters. The van der Waals surface area contributed by atoms with Gasteiger partial charge in [-0.1, -0.05) is 17.7 Å². The zero-order valence-corrected chi connectivity index (χ0v) is 20.4. The van der Waals surface area contributed by atoms with Crippen LogP contribution in [0.4, 0.5) is 11.5 Å². The third kappa shape index (κ3) is 4.53. The van der Waals surface area contributed by atoms with Crippen LogP contribution in [0.15, 0.2) is 24.5 Å². The van der Waals surface area contributed by atoms with Crippen molar-refractivity contribution in [3.8, 4) is 0 Å². The number of halogens is 1. The van der Waals surface area contributed by atoms with Crippen molar-refractivity contribution in [3.05, 3.63) is 45.6 Å². The molecule has 0 radical (unpaired) electrons. The van der Waals surface area contributed by atoms with Crippen LogP contribution in [0, 0.1) is 13.8 Å². The fourth-order valence-electron chi connectivity index (χ4n) is 4.13. The number of ether oxygens (including phenoxy) is 1. The smallest absolute Gasteiger partial charge is 0.264 e. The summed E-state index contributed by atoms with van der Waals surface area (Å²) in [5.74, 6) is 0.803. The van der Waals surface area contributed by atoms with Gasteiger partial charge in [-0.3, -0.25) is 4.79 Å². The highest BCUT2D eigenvalue weighted by Crippen LogP contribution is 2.34. The van der Waals surface area contributed by atoms with Gasteiger partial charge in [-0.05, 0) is 44.0 Å². The number of nitrogens with one attached hydrogen (secondary N) is 1. The molecule has 1 aromatic carbocycles. The van der Waals surface area contributed by atoms with Crippen LogP contribution in [0.3, 0.4) is 0 Å². The highest BCUT2D eigenvalue weighted by molar-refractivity contribution is 7.20. The normalized spacial score (nSPS) is 15.3. The Morgan fingerprint density at radius 2 is 2.00 bits per heavy atom. The zero-order valence-electron chi connectivity index (χ0n) is 18.8. The van der Waals surface area contributed by atoms with Crippen molar-refractivity contribution in [2.45, 2.75) is 26.8 Å². The summed E-state index contributed by atoms with van der Waals surface area (Å²) in [4.78, 5) is 28.0. The van der Waals surface area contributed by atoms with E-state index in [1.54, 1.807) is 13.4 Å². The monoisotopic (exact) mass is 473 g/mol. The predicted octanol–water partition coefficient (Wildman–Crippen LogP) is 4.37. The Kier molecular flexibility index (Phi) is 6.83. The standard InChI is InChI=1S/C23H28ClN5O2S/c1-14-5-6-17(24)11-18(14)28-7-9-29(10-8-28)23(30)20-16(3)19-21(27-15(2)12-31-4)25-13-26-22(19)32-20/h5-6,11,13,15H,7-10,12H2,1-4H3,(H,25,26,27). The fraction of sp³-hybridized carbons (Fsp3) is 0.435. The van der Waals surface area contributed by atoms with Crippen LogP contribution >= 0.6 is 22.9 Å². The van der Waals surface area contributed by atoms with Crippen LogP contribution in [0.25, 0.3) is 10.2 Å². The summed E-state index contributed by atoms with van der Waals surface area (Å²) in [6, 6.07) is 6.05. The van der Waals surface area contributed by atoms with Gasteiger partial charge in [0.25, 0.3) is 5.91 Å². The first-order valence-electron chi connectivity index (χ1n) is 10.7. The van der Waals surface area contributed by atoms with Gasteiger partial charge in [0.2, 0.25) is 0 Å². The van der Waals surface area contributed by atoms with Crippen molar-refractivity contribution in [2.75, 3.05) is 50.1 Å². The zero-order chi connectivity index (χ0) is 22.8. The number of carbonyl (C=O) groups excluding carboxylic acids is 1. The molecule has 0 aliphatic carbocycles. The molecular weight excluding hydrogens is 446 g/mol. The van der Waals surface area contributed by atoms with Crippen LogP contribution in [0.1, 0.15) is 27.7 Å². The molecule has 3 heterocycles. The van der Waals surface area contributed by atoms with Gasteiger partial charge in [-0.2, -0.15) is 0 Å². The van der Waals surface area contributed by atoms with E-state index in [0.717, 1.165) is 50.3 Å². The summed E-state index contributed by atoms with van der Waals surface area (Å²) in [6.45, 7) is 9.55. The number of piperazine rings is 1. The molecule has 1 fully saturated rings. The van der Waals surface area contributed by atoms with E-state index in [0.29, 0.717) is 19.7 Å². The Labute approximate surface area is 197 Å². The molecule has 4 rings (SSSR count). The number of rotatable bonds is 6. The molecule has 1 N–H and O–H groups in total. The van der Waals surface area contributed by atoms with Gasteiger partial charge in [-0.25, -0.2) is 9.97 Å². The van der Waals surface area contributed by atoms with Crippen LogP contribution in [0.5, 0.6) is 0 Å². The number of hydrogen-bond donors (Lipinski definition) is 1. The summed E-state index contributed by atoms with van der Waals surface area (Å²) in [5.41, 5.74) is 3.26. The van der Waals surface area contributed by atoms with E-state index >= 15 is 0 Å². The van der Waals surface area contributed by atoms with Crippen LogP contribution in [-0.4, -0.2) is 66.7 Å². The van der Waals surface area contributed by atoms with Crippen molar-refractivity contribution in [1.29, 1.82) is 0 Å². The highest BCUT2D eigenvalue weighted by atomic mass is 35.5. The molecule has 0 spiro atoms. The fourth-order valence-corrected chi connectivity index (χ4v) is 5.41. The highest BCUT2D eigenvalue weighted by Gasteiger charge is 2.27. The predicted molar refractivity (Wildman–Crippen MR) is 131 cm³/mol. The first-order chi connectivity index (χ1) is 15.4. The molecule has 1 amide bonds. The lowest BCUT2D eigenvalue weighted by molar-refractivity contribution is 0.0751. The summed E-state index contributed by atoms with van der Waals surface area (Å²) >= 11 is 7.64. The molecule has 7 nitrogen and oxygen atoms in total. The maximum absolute atomic E-state index is 13.4. The SMILES string of the molecule is COCC(C)Nc1ncnc2sc(C(=O)N3CCN(c4cc(Cl)ccc4C)CC3)c(C)c12. The number of carbonyl (C=O) groups is 1. The van der Waals surface area contributed by atoms with E-state index < -0.39 is 0 Å². The Balaban J connectivity index is 1.52. The second-order valence-corrected chi connectivity index (χ2v) is 9.60. The summed E-state index contributed by atoms with van der Waals surface area (Å²) < 4.78 is 5.22. The molecule has 32 heavy (non-hydrogen) atoms. The molecule has 3 aromatic rings. The number of aryl methyl sites for hydroxylation is 2. The van der Waals surface area contributed by atoms with Crippen LogP contribution in [0.2, 0.25) is 5.02 Å². The number of methoxy groups -OCH3 is 1. The van der Waals surface area contributed by atoms with E-state index in [2.05, 4.69) is 27.1 Å². The molecule has 0 bridgehead atoms. The number of anilines is 2. The number of thiophene rings is 1. The molecule has 1 unspecified atom stereocenters. The van der Waals surface area contributed by atoms with Gasteiger partial charge in [0, 0.05) is 50.0 Å². The van der Waals surface area contributed by atoms with Crippen LogP contribution in [-0.2, 0) is 4.74 Å². The van der Waals surface area contributed by atoms with Gasteiger partial charge in [-0.15, -0.1) is 11.3 Å². The van der Waals surface area contributed by atoms with Crippen LogP contribution < -0.4 is 10.2 Å². The Morgan fingerprint density at radius 3 is 2.72 bits per heavy atom. The van der Waals surface area contributed by atoms with Gasteiger partial charge in [0.15, 0.2) is 0 Å². The van der Waals surface area contributed by atoms with E-state index in [1.807, 2.05) is 36.9 Å². The van der Waals surface area contributed by atoms with Crippen molar-refractivity contribution >= 4 is 50.6 Å². The average Bonchev–Trinajstić information content (AvgIpc) is 3.12. The molecule has 1 aliphatic rings. The molecule has 0 saturated carbocycles. The quantitative estimate of drug-likeness (QED) is 0.573. The number of nitrogens with zero attached hydrogens (tertiary/aromatic N) is 4. The number of amides is 1. The Morgan fingerprint density at radius 1 is 1.25 bits per heavy atom. The third-order valence-electron chi connectivity index (χ3n) is 5.80. The summed E-state index contributed by atoms with van der Waals surface area (Å²) in [5, 5.41) is 5.03. The minimum atomic E-state index is 0.0591. The number of hydrogen-bond acceptors (Lipinski definition) is 7. The number of fused-ring (bicyclic) bond motifs is 1. The third-order valence-corrected chi connectivity index (χ3v) is 7.22. The molecule has 9 heteroatoms. The van der Waals surface area contributed by atoms with Gasteiger partial charge < -0.3 is 19.9 Å². The molecule has 2 aromatic heterocycles. The van der Waals surface area contributed by atoms with Crippen molar-refractivity contribution in [2.24, 2.45) is 0 Å². The lowest BCUT2D eigenvalue weighted by atomic mass is 10.1. The Bertz CT molecular complexity index is 1130. The van der Waals surface area contributed by atoms with Crippen molar-refractivity contribution in [3.63, 3.8) is 0 Å². The van der Waals surface area contributed by atoms with Crippen molar-refractivity contribution < 1.29 is 9.53 Å². The second kappa shape index (κ2) is 9.60. The molecule has 1 aliphatic heterocycles. The maximum atomic E-state index is 13.4. The van der Waals surface area contributed by atoms with E-state index in [-0.39, 0.29) is 11.9 Å². The van der Waals surface area contributed by atoms with Gasteiger partial charge >= 0.3 is 0 Å². The Hall–Kier alpha value is -2.42. The lowest BCUT2D eigenvalue weighted by Gasteiger charge is -2.36. The first-order valence-corrected chi connectivity index (χ1v) is 11.9. The van der Waals surface area contributed by atoms with Gasteiger partial charge in [0.05, 0.1) is 16.9 Å². The largest absolute Gasteiger partial charge is 0.383 e. The molecule has 170 valence electrons. The molecule has 1 saturated heterocycles. The lowest BCUT2D eigenvalue weighted by Crippen LogP contribution is -2.49. The minimum absolute atomic E-state index is 0.0591. The number of aromatic nitrogens is 2. The topological polar surface area (TPSA) is 70.6 Å². The maximum Gasteiger partial charge on any atom is 0.264 e. The summed E-state index contributed by atoms with van der Waals surface area (Å²) in [7, 11) is 1.67. The minimum Gasteiger partial charge on any atom is -0.383 e. The average molecular weight is 474 g/mol. The van der Waals surface area contributed by atoms with E-state index in [1.165, 1.54) is 16.9 Å². The van der Waals surface area contributed by atoms with E-state index in [4.69, 9.17) is 16.3 Å².